The lowest BCUT2D eigenvalue weighted by molar-refractivity contribution is 0.0635. The van der Waals surface area contributed by atoms with Crippen LogP contribution in [0.1, 0.15) is 31.1 Å². The predicted octanol–water partition coefficient (Wildman–Crippen LogP) is 2.86. The van der Waals surface area contributed by atoms with Gasteiger partial charge in [0.25, 0.3) is 0 Å². The van der Waals surface area contributed by atoms with Crippen LogP contribution in [-0.2, 0) is 4.74 Å². The van der Waals surface area contributed by atoms with Crippen molar-refractivity contribution < 1.29 is 23.8 Å². The first-order valence-electron chi connectivity index (χ1n) is 6.02. The molecule has 1 aromatic carbocycles. The van der Waals surface area contributed by atoms with Crippen molar-refractivity contribution >= 4 is 18.1 Å². The Balaban J connectivity index is 3.09. The van der Waals surface area contributed by atoms with Gasteiger partial charge in [0.2, 0.25) is 0 Å². The van der Waals surface area contributed by atoms with E-state index < -0.39 is 11.7 Å². The summed E-state index contributed by atoms with van der Waals surface area (Å²) in [7, 11) is 2.88. The Bertz CT molecular complexity index is 505. The van der Waals surface area contributed by atoms with Gasteiger partial charge in [0.15, 0.2) is 12.0 Å². The van der Waals surface area contributed by atoms with Crippen LogP contribution < -0.4 is 14.8 Å². The summed E-state index contributed by atoms with van der Waals surface area (Å²) in [6.07, 6.45) is -0.0114. The number of amides is 1. The van der Waals surface area contributed by atoms with Crippen molar-refractivity contribution in [1.82, 2.24) is 0 Å². The van der Waals surface area contributed by atoms with Crippen molar-refractivity contribution in [3.05, 3.63) is 17.7 Å². The van der Waals surface area contributed by atoms with Gasteiger partial charge in [0, 0.05) is 6.07 Å². The predicted molar refractivity (Wildman–Crippen MR) is 74.8 cm³/mol. The molecule has 0 fully saturated rings. The molecule has 0 saturated heterocycles. The summed E-state index contributed by atoms with van der Waals surface area (Å²) in [5, 5.41) is 2.54. The third-order valence-corrected chi connectivity index (χ3v) is 2.29. The largest absolute Gasteiger partial charge is 0.497 e. The average Bonchev–Trinajstić information content (AvgIpc) is 2.35. The first-order chi connectivity index (χ1) is 9.30. The molecule has 0 aromatic heterocycles. The van der Waals surface area contributed by atoms with E-state index in [-0.39, 0.29) is 11.3 Å². The summed E-state index contributed by atoms with van der Waals surface area (Å²) in [5.74, 6) is 0.686. The first-order valence-corrected chi connectivity index (χ1v) is 6.02. The van der Waals surface area contributed by atoms with Crippen LogP contribution >= 0.6 is 0 Å². The Hall–Kier alpha value is -2.24. The monoisotopic (exact) mass is 281 g/mol. The normalized spacial score (nSPS) is 10.7. The van der Waals surface area contributed by atoms with Gasteiger partial charge in [-0.1, -0.05) is 0 Å². The lowest BCUT2D eigenvalue weighted by atomic mass is 10.1. The summed E-state index contributed by atoms with van der Waals surface area (Å²) in [6, 6.07) is 3.07. The molecule has 20 heavy (non-hydrogen) atoms. The van der Waals surface area contributed by atoms with E-state index in [0.29, 0.717) is 17.7 Å². The lowest BCUT2D eigenvalue weighted by Crippen LogP contribution is -2.27. The van der Waals surface area contributed by atoms with E-state index in [2.05, 4.69) is 5.32 Å². The molecular weight excluding hydrogens is 262 g/mol. The topological polar surface area (TPSA) is 73.9 Å². The number of rotatable bonds is 4. The van der Waals surface area contributed by atoms with Crippen LogP contribution in [0.4, 0.5) is 10.5 Å². The highest BCUT2D eigenvalue weighted by Crippen LogP contribution is 2.33. The maximum Gasteiger partial charge on any atom is 0.412 e. The number of carbonyl (C=O) groups excluding carboxylic acids is 2. The minimum atomic E-state index is -0.638. The minimum Gasteiger partial charge on any atom is -0.497 e. The SMILES string of the molecule is COc1cc(C=O)c(OC)c(NC(=O)OC(C)(C)C)c1. The quantitative estimate of drug-likeness (QED) is 0.859. The van der Waals surface area contributed by atoms with Gasteiger partial charge in [-0.25, -0.2) is 4.79 Å². The molecular formula is C14H19NO5. The molecule has 110 valence electrons. The van der Waals surface area contributed by atoms with Crippen molar-refractivity contribution in [3.63, 3.8) is 0 Å². The average molecular weight is 281 g/mol. The molecule has 1 aromatic rings. The lowest BCUT2D eigenvalue weighted by Gasteiger charge is -2.20. The molecule has 1 rings (SSSR count). The zero-order valence-electron chi connectivity index (χ0n) is 12.3. The van der Waals surface area contributed by atoms with Gasteiger partial charge in [0.05, 0.1) is 25.5 Å². The maximum absolute atomic E-state index is 11.8. The standard InChI is InChI=1S/C14H19NO5/c1-14(2,3)20-13(17)15-11-7-10(18-4)6-9(8-16)12(11)19-5/h6-8H,1-5H3,(H,15,17). The third kappa shape index (κ3) is 4.15. The van der Waals surface area contributed by atoms with Gasteiger partial charge in [-0.15, -0.1) is 0 Å². The first kappa shape index (κ1) is 15.8. The van der Waals surface area contributed by atoms with E-state index in [1.54, 1.807) is 26.8 Å². The number of ether oxygens (including phenoxy) is 3. The van der Waals surface area contributed by atoms with Crippen molar-refractivity contribution in [2.45, 2.75) is 26.4 Å². The van der Waals surface area contributed by atoms with Crippen molar-refractivity contribution in [2.24, 2.45) is 0 Å². The molecule has 0 saturated carbocycles. The number of anilines is 1. The molecule has 0 aliphatic rings. The number of hydrogen-bond acceptors (Lipinski definition) is 5. The fourth-order valence-corrected chi connectivity index (χ4v) is 1.56. The van der Waals surface area contributed by atoms with Gasteiger partial charge >= 0.3 is 6.09 Å². The molecule has 0 aliphatic carbocycles. The second-order valence-corrected chi connectivity index (χ2v) is 5.04. The van der Waals surface area contributed by atoms with E-state index >= 15 is 0 Å². The van der Waals surface area contributed by atoms with E-state index in [0.717, 1.165) is 0 Å². The summed E-state index contributed by atoms with van der Waals surface area (Å²) in [5.41, 5.74) is -0.0370. The molecule has 0 unspecified atom stereocenters. The molecule has 0 atom stereocenters. The van der Waals surface area contributed by atoms with Gasteiger partial charge in [-0.3, -0.25) is 10.1 Å². The highest BCUT2D eigenvalue weighted by molar-refractivity contribution is 5.92. The Morgan fingerprint density at radius 2 is 1.85 bits per heavy atom. The number of aldehydes is 1. The van der Waals surface area contributed by atoms with Crippen molar-refractivity contribution in [2.75, 3.05) is 19.5 Å². The van der Waals surface area contributed by atoms with Crippen LogP contribution in [0.25, 0.3) is 0 Å². The molecule has 0 radical (unpaired) electrons. The number of nitrogens with one attached hydrogen (secondary N) is 1. The van der Waals surface area contributed by atoms with Crippen LogP contribution in [0.15, 0.2) is 12.1 Å². The van der Waals surface area contributed by atoms with Crippen LogP contribution in [0.3, 0.4) is 0 Å². The highest BCUT2D eigenvalue weighted by Gasteiger charge is 2.19. The van der Waals surface area contributed by atoms with Gasteiger partial charge in [-0.2, -0.15) is 0 Å². The van der Waals surface area contributed by atoms with Crippen LogP contribution in [0, 0.1) is 0 Å². The van der Waals surface area contributed by atoms with Gasteiger partial charge in [0.1, 0.15) is 11.4 Å². The molecule has 0 aliphatic heterocycles. The second kappa shape index (κ2) is 6.27. The molecule has 1 amide bonds. The van der Waals surface area contributed by atoms with Crippen LogP contribution in [0.5, 0.6) is 11.5 Å². The summed E-state index contributed by atoms with van der Waals surface area (Å²) < 4.78 is 15.4. The third-order valence-electron chi connectivity index (χ3n) is 2.29. The minimum absolute atomic E-state index is 0.256. The molecule has 0 spiro atoms. The zero-order valence-corrected chi connectivity index (χ0v) is 12.3. The summed E-state index contributed by atoms with van der Waals surface area (Å²) in [4.78, 5) is 22.8. The summed E-state index contributed by atoms with van der Waals surface area (Å²) >= 11 is 0. The Morgan fingerprint density at radius 1 is 1.20 bits per heavy atom. The summed E-state index contributed by atoms with van der Waals surface area (Å²) in [6.45, 7) is 5.27. The highest BCUT2D eigenvalue weighted by atomic mass is 16.6. The Labute approximate surface area is 118 Å². The van der Waals surface area contributed by atoms with Crippen molar-refractivity contribution in [3.8, 4) is 11.5 Å². The number of hydrogen-bond donors (Lipinski definition) is 1. The van der Waals surface area contributed by atoms with E-state index in [4.69, 9.17) is 14.2 Å². The maximum atomic E-state index is 11.8. The Morgan fingerprint density at radius 3 is 2.30 bits per heavy atom. The van der Waals surface area contributed by atoms with E-state index in [1.807, 2.05) is 0 Å². The van der Waals surface area contributed by atoms with Crippen molar-refractivity contribution in [1.29, 1.82) is 0 Å². The molecule has 0 heterocycles. The van der Waals surface area contributed by atoms with Crippen LogP contribution in [0.2, 0.25) is 0 Å². The zero-order chi connectivity index (χ0) is 15.3. The number of benzene rings is 1. The van der Waals surface area contributed by atoms with Gasteiger partial charge < -0.3 is 14.2 Å². The fraction of sp³-hybridized carbons (Fsp3) is 0.429. The molecule has 0 bridgehead atoms. The van der Waals surface area contributed by atoms with Crippen LogP contribution in [-0.4, -0.2) is 32.2 Å². The number of methoxy groups -OCH3 is 2. The van der Waals surface area contributed by atoms with E-state index in [9.17, 15) is 9.59 Å². The Kier molecular flexibility index (Phi) is 4.96. The number of carbonyl (C=O) groups is 2. The second-order valence-electron chi connectivity index (χ2n) is 5.04. The molecule has 1 N–H and O–H groups in total. The molecule has 6 nitrogen and oxygen atoms in total. The van der Waals surface area contributed by atoms with Gasteiger partial charge in [-0.05, 0) is 26.8 Å². The van der Waals surface area contributed by atoms with E-state index in [1.165, 1.54) is 20.3 Å². The smallest absolute Gasteiger partial charge is 0.412 e. The molecule has 6 heteroatoms. The fourth-order valence-electron chi connectivity index (χ4n) is 1.56.